The van der Waals surface area contributed by atoms with Gasteiger partial charge in [0.15, 0.2) is 0 Å². The number of aryl methyl sites for hydroxylation is 1. The molecule has 0 radical (unpaired) electrons. The maximum absolute atomic E-state index is 12.8. The average molecular weight is 461 g/mol. The first-order valence-corrected chi connectivity index (χ1v) is 11.0. The Kier molecular flexibility index (Phi) is 6.36. The Bertz CT molecular complexity index is 1340. The van der Waals surface area contributed by atoms with Gasteiger partial charge in [0.2, 0.25) is 5.91 Å². The largest absolute Gasteiger partial charge is 0.378 e. The summed E-state index contributed by atoms with van der Waals surface area (Å²) in [6.07, 6.45) is 1.99. The van der Waals surface area contributed by atoms with E-state index in [4.69, 9.17) is 0 Å². The third-order valence-corrected chi connectivity index (χ3v) is 6.13. The molecule has 9 heteroatoms. The van der Waals surface area contributed by atoms with Gasteiger partial charge in [0, 0.05) is 49.3 Å². The number of rotatable bonds is 8. The number of nitrogens with zero attached hydrogens (tertiary/aromatic N) is 4. The van der Waals surface area contributed by atoms with E-state index in [1.165, 1.54) is 4.68 Å². The highest BCUT2D eigenvalue weighted by Crippen LogP contribution is 2.31. The van der Waals surface area contributed by atoms with Crippen LogP contribution in [0.3, 0.4) is 0 Å². The molecule has 0 spiro atoms. The summed E-state index contributed by atoms with van der Waals surface area (Å²) < 4.78 is 1.38. The predicted octanol–water partition coefficient (Wildman–Crippen LogP) is 3.90. The molecule has 0 aliphatic rings. The van der Waals surface area contributed by atoms with Crippen LogP contribution in [0, 0.1) is 24.0 Å². The van der Waals surface area contributed by atoms with E-state index in [-0.39, 0.29) is 24.1 Å². The van der Waals surface area contributed by atoms with Crippen LogP contribution >= 0.6 is 0 Å². The Morgan fingerprint density at radius 2 is 1.88 bits per heavy atom. The molecule has 0 bridgehead atoms. The molecule has 4 aromatic rings. The molecule has 2 aromatic carbocycles. The zero-order valence-corrected chi connectivity index (χ0v) is 19.7. The maximum atomic E-state index is 12.8. The lowest BCUT2D eigenvalue weighted by molar-refractivity contribution is -0.386. The molecule has 9 nitrogen and oxygen atoms in total. The number of carbonyl (C=O) groups excluding carboxylic acids is 1. The molecule has 0 saturated carbocycles. The molecule has 4 rings (SSSR count). The van der Waals surface area contributed by atoms with Crippen LogP contribution in [-0.2, 0) is 11.3 Å². The van der Waals surface area contributed by atoms with Crippen molar-refractivity contribution in [2.24, 2.45) is 0 Å². The average Bonchev–Trinajstić information content (AvgIpc) is 3.34. The van der Waals surface area contributed by atoms with Crippen LogP contribution in [0.15, 0.2) is 54.7 Å². The molecule has 0 aliphatic heterocycles. The lowest BCUT2D eigenvalue weighted by atomic mass is 9.90. The molecule has 176 valence electrons. The van der Waals surface area contributed by atoms with E-state index in [0.29, 0.717) is 17.9 Å². The van der Waals surface area contributed by atoms with E-state index in [1.54, 1.807) is 13.8 Å². The van der Waals surface area contributed by atoms with Crippen LogP contribution in [0.4, 0.5) is 11.4 Å². The van der Waals surface area contributed by atoms with Crippen molar-refractivity contribution in [1.29, 1.82) is 0 Å². The van der Waals surface area contributed by atoms with Gasteiger partial charge in [0.05, 0.1) is 4.92 Å². The Morgan fingerprint density at radius 1 is 1.18 bits per heavy atom. The summed E-state index contributed by atoms with van der Waals surface area (Å²) in [4.78, 5) is 29.0. The standard InChI is InChI=1S/C25H28N6O3/c1-16-25(31(33)34)17(2)30(28-16)15-24(32)27-13-21(18-9-11-19(12-10-18)29(3)4)22-14-26-23-8-6-5-7-20(22)23/h5-12,14,21,26H,13,15H2,1-4H3,(H,27,32). The quantitative estimate of drug-likeness (QED) is 0.306. The third-order valence-electron chi connectivity index (χ3n) is 6.13. The van der Waals surface area contributed by atoms with E-state index in [0.717, 1.165) is 27.7 Å². The van der Waals surface area contributed by atoms with Crippen LogP contribution in [0.25, 0.3) is 10.9 Å². The number of nitro groups is 1. The first-order chi connectivity index (χ1) is 16.3. The van der Waals surface area contributed by atoms with Gasteiger partial charge in [-0.05, 0) is 43.2 Å². The van der Waals surface area contributed by atoms with Crippen molar-refractivity contribution in [3.05, 3.63) is 87.4 Å². The first-order valence-electron chi connectivity index (χ1n) is 11.0. The van der Waals surface area contributed by atoms with E-state index >= 15 is 0 Å². The molecule has 2 aromatic heterocycles. The number of H-pyrrole nitrogens is 1. The molecular formula is C25H28N6O3. The zero-order chi connectivity index (χ0) is 24.4. The fourth-order valence-electron chi connectivity index (χ4n) is 4.31. The van der Waals surface area contributed by atoms with Gasteiger partial charge in [-0.2, -0.15) is 5.10 Å². The highest BCUT2D eigenvalue weighted by Gasteiger charge is 2.24. The topological polar surface area (TPSA) is 109 Å². The summed E-state index contributed by atoms with van der Waals surface area (Å²) in [5, 5.41) is 19.6. The zero-order valence-electron chi connectivity index (χ0n) is 19.7. The SMILES string of the molecule is Cc1nn(CC(=O)NCC(c2ccc(N(C)C)cc2)c2c[nH]c3ccccc23)c(C)c1[N+](=O)[O-]. The van der Waals surface area contributed by atoms with Crippen LogP contribution in [0.1, 0.15) is 28.4 Å². The molecule has 0 fully saturated rings. The fourth-order valence-corrected chi connectivity index (χ4v) is 4.31. The summed E-state index contributed by atoms with van der Waals surface area (Å²) in [7, 11) is 3.99. The third kappa shape index (κ3) is 4.50. The van der Waals surface area contributed by atoms with Gasteiger partial charge in [-0.1, -0.05) is 30.3 Å². The fraction of sp³-hybridized carbons (Fsp3) is 0.280. The Morgan fingerprint density at radius 3 is 2.53 bits per heavy atom. The Balaban J connectivity index is 1.58. The van der Waals surface area contributed by atoms with Gasteiger partial charge in [0.1, 0.15) is 17.9 Å². The number of anilines is 1. The summed E-state index contributed by atoms with van der Waals surface area (Å²) in [6, 6.07) is 16.4. The lowest BCUT2D eigenvalue weighted by Gasteiger charge is -2.20. The minimum Gasteiger partial charge on any atom is -0.378 e. The summed E-state index contributed by atoms with van der Waals surface area (Å²) in [6.45, 7) is 3.47. The minimum atomic E-state index is -0.462. The molecule has 0 aliphatic carbocycles. The minimum absolute atomic E-state index is 0.0505. The molecule has 2 heterocycles. The summed E-state index contributed by atoms with van der Waals surface area (Å²) in [5.41, 5.74) is 4.92. The monoisotopic (exact) mass is 460 g/mol. The van der Waals surface area contributed by atoms with Gasteiger partial charge >= 0.3 is 5.69 Å². The van der Waals surface area contributed by atoms with Gasteiger partial charge in [0.25, 0.3) is 0 Å². The second-order valence-corrected chi connectivity index (χ2v) is 8.57. The number of hydrogen-bond acceptors (Lipinski definition) is 5. The number of amides is 1. The number of carbonyl (C=O) groups is 1. The predicted molar refractivity (Wildman–Crippen MR) is 132 cm³/mol. The number of nitrogens with one attached hydrogen (secondary N) is 2. The highest BCUT2D eigenvalue weighted by atomic mass is 16.6. The van der Waals surface area contributed by atoms with Crippen LogP contribution in [-0.4, -0.2) is 46.2 Å². The van der Waals surface area contributed by atoms with E-state index in [1.807, 2.05) is 43.4 Å². The highest BCUT2D eigenvalue weighted by molar-refractivity contribution is 5.84. The first kappa shape index (κ1) is 23.0. The van der Waals surface area contributed by atoms with Crippen LogP contribution < -0.4 is 10.2 Å². The molecule has 1 unspecified atom stereocenters. The number of benzene rings is 2. The van der Waals surface area contributed by atoms with Crippen LogP contribution in [0.5, 0.6) is 0 Å². The van der Waals surface area contributed by atoms with Crippen molar-refractivity contribution in [1.82, 2.24) is 20.1 Å². The van der Waals surface area contributed by atoms with Crippen molar-refractivity contribution in [2.45, 2.75) is 26.3 Å². The van der Waals surface area contributed by atoms with Gasteiger partial charge < -0.3 is 15.2 Å². The van der Waals surface area contributed by atoms with Crippen LogP contribution in [0.2, 0.25) is 0 Å². The normalized spacial score (nSPS) is 12.0. The molecule has 2 N–H and O–H groups in total. The van der Waals surface area contributed by atoms with Gasteiger partial charge in [-0.3, -0.25) is 19.6 Å². The van der Waals surface area contributed by atoms with Crippen molar-refractivity contribution in [3.8, 4) is 0 Å². The molecule has 1 atom stereocenters. The van der Waals surface area contributed by atoms with E-state index < -0.39 is 4.92 Å². The maximum Gasteiger partial charge on any atom is 0.312 e. The van der Waals surface area contributed by atoms with Gasteiger partial charge in [-0.15, -0.1) is 0 Å². The Labute approximate surface area is 197 Å². The Hall–Kier alpha value is -4.14. The van der Waals surface area contributed by atoms with E-state index in [2.05, 4.69) is 45.7 Å². The number of para-hydroxylation sites is 1. The molecular weight excluding hydrogens is 432 g/mol. The van der Waals surface area contributed by atoms with Crippen molar-refractivity contribution < 1.29 is 9.72 Å². The number of aromatic amines is 1. The number of hydrogen-bond donors (Lipinski definition) is 2. The van der Waals surface area contributed by atoms with Gasteiger partial charge in [-0.25, -0.2) is 0 Å². The molecule has 1 amide bonds. The molecule has 0 saturated heterocycles. The lowest BCUT2D eigenvalue weighted by Crippen LogP contribution is -2.32. The van der Waals surface area contributed by atoms with Crippen molar-refractivity contribution >= 4 is 28.2 Å². The second-order valence-electron chi connectivity index (χ2n) is 8.57. The van der Waals surface area contributed by atoms with Crippen molar-refractivity contribution in [2.75, 3.05) is 25.5 Å². The number of fused-ring (bicyclic) bond motifs is 1. The summed E-state index contributed by atoms with van der Waals surface area (Å²) >= 11 is 0. The number of aromatic nitrogens is 3. The molecule has 34 heavy (non-hydrogen) atoms. The second kappa shape index (κ2) is 9.38. The van der Waals surface area contributed by atoms with E-state index in [9.17, 15) is 14.9 Å². The summed E-state index contributed by atoms with van der Waals surface area (Å²) in [5.74, 6) is -0.332. The van der Waals surface area contributed by atoms with Crippen molar-refractivity contribution in [3.63, 3.8) is 0 Å². The smallest absolute Gasteiger partial charge is 0.312 e.